The molecule has 0 spiro atoms. The summed E-state index contributed by atoms with van der Waals surface area (Å²) in [6, 6.07) is 8.27. The Labute approximate surface area is 95.6 Å². The van der Waals surface area contributed by atoms with Crippen molar-refractivity contribution in [2.75, 3.05) is 11.9 Å². The van der Waals surface area contributed by atoms with Gasteiger partial charge in [-0.2, -0.15) is 0 Å². The number of nitrogens with zero attached hydrogens (tertiary/aromatic N) is 2. The Balaban J connectivity index is 2.36. The van der Waals surface area contributed by atoms with Crippen molar-refractivity contribution in [1.29, 1.82) is 0 Å². The third-order valence-electron chi connectivity index (χ3n) is 2.31. The first kappa shape index (κ1) is 10.6. The highest BCUT2D eigenvalue weighted by atomic mass is 15.0. The molecule has 3 heteroatoms. The quantitative estimate of drug-likeness (QED) is 0.851. The molecular formula is C13H15N3. The van der Waals surface area contributed by atoms with E-state index in [0.717, 1.165) is 23.6 Å². The predicted molar refractivity (Wildman–Crippen MR) is 66.4 cm³/mol. The van der Waals surface area contributed by atoms with Crippen molar-refractivity contribution in [1.82, 2.24) is 9.97 Å². The molecule has 1 N–H and O–H groups in total. The van der Waals surface area contributed by atoms with Crippen molar-refractivity contribution in [2.24, 2.45) is 0 Å². The Kier molecular flexibility index (Phi) is 3.15. The maximum atomic E-state index is 4.50. The number of aryl methyl sites for hydroxylation is 1. The van der Waals surface area contributed by atoms with Crippen LogP contribution in [0.15, 0.2) is 36.7 Å². The summed E-state index contributed by atoms with van der Waals surface area (Å²) in [6.45, 7) is 4.97. The Morgan fingerprint density at radius 2 is 2.12 bits per heavy atom. The van der Waals surface area contributed by atoms with Crippen molar-refractivity contribution in [2.45, 2.75) is 13.8 Å². The number of rotatable bonds is 3. The molecule has 3 nitrogen and oxygen atoms in total. The summed E-state index contributed by atoms with van der Waals surface area (Å²) >= 11 is 0. The molecule has 82 valence electrons. The van der Waals surface area contributed by atoms with Crippen molar-refractivity contribution >= 4 is 5.82 Å². The second kappa shape index (κ2) is 4.75. The summed E-state index contributed by atoms with van der Waals surface area (Å²) in [5.74, 6) is 0.821. The average Bonchev–Trinajstić information content (AvgIpc) is 2.30. The highest BCUT2D eigenvalue weighted by Crippen LogP contribution is 2.18. The van der Waals surface area contributed by atoms with Crippen LogP contribution in [0.4, 0.5) is 5.82 Å². The topological polar surface area (TPSA) is 37.8 Å². The molecule has 1 aromatic carbocycles. The van der Waals surface area contributed by atoms with Gasteiger partial charge in [-0.25, -0.2) is 4.98 Å². The minimum atomic E-state index is 0.821. The molecule has 0 saturated carbocycles. The van der Waals surface area contributed by atoms with Crippen LogP contribution >= 0.6 is 0 Å². The molecule has 0 saturated heterocycles. The summed E-state index contributed by atoms with van der Waals surface area (Å²) in [5.41, 5.74) is 3.24. The Morgan fingerprint density at radius 1 is 1.25 bits per heavy atom. The first-order valence-corrected chi connectivity index (χ1v) is 5.42. The maximum absolute atomic E-state index is 4.50. The van der Waals surface area contributed by atoms with Crippen molar-refractivity contribution in [3.63, 3.8) is 0 Å². The standard InChI is InChI=1S/C13H15N3/c1-3-15-13-9-14-8-12(16-13)11-6-4-5-10(2)7-11/h4-9H,3H2,1-2H3,(H,15,16). The number of nitrogens with one attached hydrogen (secondary N) is 1. The molecule has 1 aromatic heterocycles. The lowest BCUT2D eigenvalue weighted by atomic mass is 10.1. The van der Waals surface area contributed by atoms with Gasteiger partial charge in [-0.3, -0.25) is 4.98 Å². The summed E-state index contributed by atoms with van der Waals surface area (Å²) in [7, 11) is 0. The lowest BCUT2D eigenvalue weighted by molar-refractivity contribution is 1.12. The molecule has 0 fully saturated rings. The summed E-state index contributed by atoms with van der Waals surface area (Å²) in [5, 5.41) is 3.16. The SMILES string of the molecule is CCNc1cncc(-c2cccc(C)c2)n1. The van der Waals surface area contributed by atoms with Gasteiger partial charge in [0, 0.05) is 12.1 Å². The zero-order chi connectivity index (χ0) is 11.4. The van der Waals surface area contributed by atoms with E-state index >= 15 is 0 Å². The maximum Gasteiger partial charge on any atom is 0.145 e. The Morgan fingerprint density at radius 3 is 2.88 bits per heavy atom. The molecular weight excluding hydrogens is 198 g/mol. The zero-order valence-electron chi connectivity index (χ0n) is 9.57. The van der Waals surface area contributed by atoms with E-state index in [0.29, 0.717) is 0 Å². The van der Waals surface area contributed by atoms with Crippen LogP contribution in [-0.2, 0) is 0 Å². The fourth-order valence-corrected chi connectivity index (χ4v) is 1.58. The second-order valence-electron chi connectivity index (χ2n) is 3.69. The van der Waals surface area contributed by atoms with Crippen LogP contribution in [-0.4, -0.2) is 16.5 Å². The van der Waals surface area contributed by atoms with Crippen LogP contribution in [0, 0.1) is 6.92 Å². The molecule has 0 aliphatic heterocycles. The lowest BCUT2D eigenvalue weighted by Gasteiger charge is -2.05. The number of hydrogen-bond acceptors (Lipinski definition) is 3. The molecule has 0 aliphatic carbocycles. The van der Waals surface area contributed by atoms with Crippen LogP contribution in [0.5, 0.6) is 0 Å². The zero-order valence-corrected chi connectivity index (χ0v) is 9.57. The molecule has 2 rings (SSSR count). The van der Waals surface area contributed by atoms with E-state index in [1.165, 1.54) is 5.56 Å². The average molecular weight is 213 g/mol. The minimum Gasteiger partial charge on any atom is -0.369 e. The van der Waals surface area contributed by atoms with Crippen LogP contribution in [0.3, 0.4) is 0 Å². The highest BCUT2D eigenvalue weighted by molar-refractivity contribution is 5.60. The third kappa shape index (κ3) is 2.37. The van der Waals surface area contributed by atoms with Crippen molar-refractivity contribution in [3.05, 3.63) is 42.2 Å². The number of aromatic nitrogens is 2. The van der Waals surface area contributed by atoms with E-state index in [4.69, 9.17) is 0 Å². The largest absolute Gasteiger partial charge is 0.369 e. The number of benzene rings is 1. The smallest absolute Gasteiger partial charge is 0.145 e. The molecule has 0 aliphatic rings. The first-order chi connectivity index (χ1) is 7.79. The molecule has 16 heavy (non-hydrogen) atoms. The number of anilines is 1. The van der Waals surface area contributed by atoms with Gasteiger partial charge in [0.2, 0.25) is 0 Å². The fraction of sp³-hybridized carbons (Fsp3) is 0.231. The summed E-state index contributed by atoms with van der Waals surface area (Å²) in [4.78, 5) is 8.68. The van der Waals surface area contributed by atoms with Gasteiger partial charge in [-0.15, -0.1) is 0 Å². The van der Waals surface area contributed by atoms with Gasteiger partial charge in [0.1, 0.15) is 5.82 Å². The van der Waals surface area contributed by atoms with E-state index < -0.39 is 0 Å². The van der Waals surface area contributed by atoms with Gasteiger partial charge in [0.15, 0.2) is 0 Å². The van der Waals surface area contributed by atoms with Crippen LogP contribution in [0.2, 0.25) is 0 Å². The van der Waals surface area contributed by atoms with Gasteiger partial charge in [-0.05, 0) is 19.9 Å². The molecule has 2 aromatic rings. The van der Waals surface area contributed by atoms with Gasteiger partial charge in [-0.1, -0.05) is 23.8 Å². The normalized spacial score (nSPS) is 10.1. The summed E-state index contributed by atoms with van der Waals surface area (Å²) in [6.07, 6.45) is 3.53. The van der Waals surface area contributed by atoms with Gasteiger partial charge in [0.05, 0.1) is 18.1 Å². The van der Waals surface area contributed by atoms with Crippen LogP contribution in [0.1, 0.15) is 12.5 Å². The molecule has 1 heterocycles. The molecule has 0 amide bonds. The highest BCUT2D eigenvalue weighted by Gasteiger charge is 2.01. The van der Waals surface area contributed by atoms with Crippen LogP contribution in [0.25, 0.3) is 11.3 Å². The second-order valence-corrected chi connectivity index (χ2v) is 3.69. The third-order valence-corrected chi connectivity index (χ3v) is 2.31. The van der Waals surface area contributed by atoms with E-state index in [2.05, 4.69) is 34.3 Å². The van der Waals surface area contributed by atoms with E-state index in [-0.39, 0.29) is 0 Å². The van der Waals surface area contributed by atoms with Crippen molar-refractivity contribution in [3.8, 4) is 11.3 Å². The van der Waals surface area contributed by atoms with E-state index in [1.54, 1.807) is 12.4 Å². The molecule has 0 unspecified atom stereocenters. The Hall–Kier alpha value is -1.90. The Bertz CT molecular complexity index is 480. The monoisotopic (exact) mass is 213 g/mol. The molecule has 0 bridgehead atoms. The minimum absolute atomic E-state index is 0.821. The summed E-state index contributed by atoms with van der Waals surface area (Å²) < 4.78 is 0. The van der Waals surface area contributed by atoms with Gasteiger partial charge in [0.25, 0.3) is 0 Å². The van der Waals surface area contributed by atoms with E-state index in [1.807, 2.05) is 19.1 Å². The molecule has 0 radical (unpaired) electrons. The van der Waals surface area contributed by atoms with Gasteiger partial charge < -0.3 is 5.32 Å². The molecule has 0 atom stereocenters. The fourth-order valence-electron chi connectivity index (χ4n) is 1.58. The predicted octanol–water partition coefficient (Wildman–Crippen LogP) is 2.88. The lowest BCUT2D eigenvalue weighted by Crippen LogP contribution is -2.00. The number of hydrogen-bond donors (Lipinski definition) is 1. The van der Waals surface area contributed by atoms with Gasteiger partial charge >= 0.3 is 0 Å². The van der Waals surface area contributed by atoms with Crippen molar-refractivity contribution < 1.29 is 0 Å². The first-order valence-electron chi connectivity index (χ1n) is 5.42. The van der Waals surface area contributed by atoms with E-state index in [9.17, 15) is 0 Å². The van der Waals surface area contributed by atoms with Crippen LogP contribution < -0.4 is 5.32 Å².